The van der Waals surface area contributed by atoms with Gasteiger partial charge in [0.1, 0.15) is 11.3 Å². The zero-order valence-corrected chi connectivity index (χ0v) is 14.6. The van der Waals surface area contributed by atoms with Gasteiger partial charge in [-0.3, -0.25) is 4.99 Å². The standard InChI is InChI=1S/C22H18N2O2/c1-14-7-10-21-19(11-14)24-22(26-21)16-8-9-18(15(2)12-16)23-13-17-5-3-4-6-20(17)25/h3-13,25H,1-2H3. The molecule has 4 heteroatoms. The highest BCUT2D eigenvalue weighted by molar-refractivity contribution is 5.85. The number of phenols is 1. The maximum atomic E-state index is 9.83. The van der Waals surface area contributed by atoms with Crippen LogP contribution in [0, 0.1) is 13.8 Å². The molecular formula is C22H18N2O2. The second-order valence-corrected chi connectivity index (χ2v) is 6.31. The lowest BCUT2D eigenvalue weighted by atomic mass is 10.1. The molecule has 0 fully saturated rings. The Morgan fingerprint density at radius 1 is 1.00 bits per heavy atom. The Labute approximate surface area is 151 Å². The number of para-hydroxylation sites is 1. The number of aromatic nitrogens is 1. The van der Waals surface area contributed by atoms with E-state index in [-0.39, 0.29) is 5.75 Å². The van der Waals surface area contributed by atoms with Gasteiger partial charge < -0.3 is 9.52 Å². The molecule has 26 heavy (non-hydrogen) atoms. The van der Waals surface area contributed by atoms with Crippen molar-refractivity contribution in [1.29, 1.82) is 0 Å². The molecule has 0 spiro atoms. The number of hydrogen-bond acceptors (Lipinski definition) is 4. The van der Waals surface area contributed by atoms with Crippen molar-refractivity contribution >= 4 is 23.0 Å². The second-order valence-electron chi connectivity index (χ2n) is 6.31. The van der Waals surface area contributed by atoms with E-state index >= 15 is 0 Å². The molecule has 0 unspecified atom stereocenters. The quantitative estimate of drug-likeness (QED) is 0.495. The van der Waals surface area contributed by atoms with Crippen LogP contribution in [0.3, 0.4) is 0 Å². The molecule has 1 aromatic heterocycles. The van der Waals surface area contributed by atoms with Gasteiger partial charge in [0.05, 0.1) is 5.69 Å². The van der Waals surface area contributed by atoms with Crippen LogP contribution in [0.1, 0.15) is 16.7 Å². The number of fused-ring (bicyclic) bond motifs is 1. The number of benzene rings is 3. The van der Waals surface area contributed by atoms with Gasteiger partial charge >= 0.3 is 0 Å². The van der Waals surface area contributed by atoms with Crippen LogP contribution >= 0.6 is 0 Å². The minimum atomic E-state index is 0.215. The van der Waals surface area contributed by atoms with Crippen molar-refractivity contribution in [2.75, 3.05) is 0 Å². The SMILES string of the molecule is Cc1ccc2oc(-c3ccc(N=Cc4ccccc4O)c(C)c3)nc2c1. The highest BCUT2D eigenvalue weighted by Gasteiger charge is 2.09. The summed E-state index contributed by atoms with van der Waals surface area (Å²) in [5.41, 5.74) is 6.24. The number of rotatable bonds is 3. The first kappa shape index (κ1) is 16.1. The molecule has 4 nitrogen and oxygen atoms in total. The topological polar surface area (TPSA) is 58.6 Å². The maximum Gasteiger partial charge on any atom is 0.227 e. The monoisotopic (exact) mass is 342 g/mol. The van der Waals surface area contributed by atoms with Gasteiger partial charge in [0.2, 0.25) is 5.89 Å². The number of nitrogens with zero attached hydrogens (tertiary/aromatic N) is 2. The molecule has 1 heterocycles. The van der Waals surface area contributed by atoms with Gasteiger partial charge in [-0.05, 0) is 67.4 Å². The smallest absolute Gasteiger partial charge is 0.227 e. The Morgan fingerprint density at radius 2 is 1.85 bits per heavy atom. The number of phenolic OH excluding ortho intramolecular Hbond substituents is 1. The van der Waals surface area contributed by atoms with Crippen molar-refractivity contribution in [3.8, 4) is 17.2 Å². The molecule has 0 atom stereocenters. The molecule has 0 radical (unpaired) electrons. The van der Waals surface area contributed by atoms with Crippen molar-refractivity contribution in [3.63, 3.8) is 0 Å². The third-order valence-corrected chi connectivity index (χ3v) is 4.27. The fraction of sp³-hybridized carbons (Fsp3) is 0.0909. The van der Waals surface area contributed by atoms with Crippen LogP contribution in [0.2, 0.25) is 0 Å². The van der Waals surface area contributed by atoms with Crippen LogP contribution in [0.15, 0.2) is 70.1 Å². The lowest BCUT2D eigenvalue weighted by Gasteiger charge is -2.03. The van der Waals surface area contributed by atoms with E-state index < -0.39 is 0 Å². The molecule has 4 rings (SSSR count). The van der Waals surface area contributed by atoms with Crippen LogP contribution in [0.5, 0.6) is 5.75 Å². The second kappa shape index (κ2) is 6.48. The molecular weight excluding hydrogens is 324 g/mol. The summed E-state index contributed by atoms with van der Waals surface area (Å²) in [6.07, 6.45) is 1.67. The molecule has 0 aliphatic rings. The summed E-state index contributed by atoms with van der Waals surface area (Å²) in [4.78, 5) is 9.07. The highest BCUT2D eigenvalue weighted by Crippen LogP contribution is 2.29. The van der Waals surface area contributed by atoms with Crippen LogP contribution in [0.25, 0.3) is 22.6 Å². The number of aryl methyl sites for hydroxylation is 2. The molecule has 0 amide bonds. The zero-order chi connectivity index (χ0) is 18.1. The van der Waals surface area contributed by atoms with Crippen molar-refractivity contribution in [2.24, 2.45) is 4.99 Å². The summed E-state index contributed by atoms with van der Waals surface area (Å²) < 4.78 is 5.87. The first-order chi connectivity index (χ1) is 12.6. The fourth-order valence-corrected chi connectivity index (χ4v) is 2.83. The van der Waals surface area contributed by atoms with E-state index in [0.29, 0.717) is 11.5 Å². The molecule has 0 saturated carbocycles. The molecule has 128 valence electrons. The van der Waals surface area contributed by atoms with Crippen molar-refractivity contribution < 1.29 is 9.52 Å². The van der Waals surface area contributed by atoms with Crippen molar-refractivity contribution in [2.45, 2.75) is 13.8 Å². The van der Waals surface area contributed by atoms with Gasteiger partial charge in [-0.15, -0.1) is 0 Å². The van der Waals surface area contributed by atoms with E-state index in [9.17, 15) is 5.11 Å². The summed E-state index contributed by atoms with van der Waals surface area (Å²) in [6, 6.07) is 19.0. The minimum absolute atomic E-state index is 0.215. The van der Waals surface area contributed by atoms with E-state index in [4.69, 9.17) is 4.42 Å². The largest absolute Gasteiger partial charge is 0.507 e. The summed E-state index contributed by atoms with van der Waals surface area (Å²) in [5.74, 6) is 0.817. The van der Waals surface area contributed by atoms with Crippen LogP contribution in [-0.2, 0) is 0 Å². The Kier molecular flexibility index (Phi) is 4.01. The van der Waals surface area contributed by atoms with Crippen LogP contribution in [0.4, 0.5) is 5.69 Å². The molecule has 1 N–H and O–H groups in total. The van der Waals surface area contributed by atoms with Gasteiger partial charge in [0.15, 0.2) is 5.58 Å². The molecule has 0 aliphatic heterocycles. The predicted octanol–water partition coefficient (Wildman–Crippen LogP) is 5.57. The summed E-state index contributed by atoms with van der Waals surface area (Å²) in [6.45, 7) is 4.03. The predicted molar refractivity (Wildman–Crippen MR) is 104 cm³/mol. The van der Waals surface area contributed by atoms with Crippen molar-refractivity contribution in [3.05, 3.63) is 77.4 Å². The van der Waals surface area contributed by atoms with E-state index in [1.165, 1.54) is 0 Å². The average molecular weight is 342 g/mol. The third-order valence-electron chi connectivity index (χ3n) is 4.27. The lowest BCUT2D eigenvalue weighted by Crippen LogP contribution is -1.84. The Bertz CT molecular complexity index is 1130. The number of oxazole rings is 1. The molecule has 0 aliphatic carbocycles. The minimum Gasteiger partial charge on any atom is -0.507 e. The maximum absolute atomic E-state index is 9.83. The average Bonchev–Trinajstić information content (AvgIpc) is 3.05. The number of hydrogen-bond donors (Lipinski definition) is 1. The Morgan fingerprint density at radius 3 is 2.65 bits per heavy atom. The first-order valence-corrected chi connectivity index (χ1v) is 8.40. The van der Waals surface area contributed by atoms with E-state index in [0.717, 1.165) is 33.5 Å². The molecule has 0 bridgehead atoms. The lowest BCUT2D eigenvalue weighted by molar-refractivity contribution is 0.474. The van der Waals surface area contributed by atoms with Gasteiger partial charge in [0.25, 0.3) is 0 Å². The summed E-state index contributed by atoms with van der Waals surface area (Å²) in [7, 11) is 0. The zero-order valence-electron chi connectivity index (χ0n) is 14.6. The van der Waals surface area contributed by atoms with E-state index in [2.05, 4.69) is 9.98 Å². The number of aliphatic imine (C=N–C) groups is 1. The first-order valence-electron chi connectivity index (χ1n) is 8.40. The van der Waals surface area contributed by atoms with Crippen LogP contribution in [-0.4, -0.2) is 16.3 Å². The van der Waals surface area contributed by atoms with Gasteiger partial charge in [-0.2, -0.15) is 0 Å². The van der Waals surface area contributed by atoms with Gasteiger partial charge in [0, 0.05) is 17.3 Å². The summed E-state index contributed by atoms with van der Waals surface area (Å²) >= 11 is 0. The van der Waals surface area contributed by atoms with Crippen molar-refractivity contribution in [1.82, 2.24) is 4.98 Å². The fourth-order valence-electron chi connectivity index (χ4n) is 2.83. The van der Waals surface area contributed by atoms with E-state index in [1.807, 2.05) is 62.4 Å². The van der Waals surface area contributed by atoms with Crippen LogP contribution < -0.4 is 0 Å². The third kappa shape index (κ3) is 3.09. The normalized spacial score (nSPS) is 11.5. The Hall–Kier alpha value is -3.40. The van der Waals surface area contributed by atoms with Gasteiger partial charge in [-0.25, -0.2) is 4.98 Å². The molecule has 0 saturated heterocycles. The Balaban J connectivity index is 1.66. The highest BCUT2D eigenvalue weighted by atomic mass is 16.3. The van der Waals surface area contributed by atoms with Gasteiger partial charge in [-0.1, -0.05) is 18.2 Å². The van der Waals surface area contributed by atoms with E-state index in [1.54, 1.807) is 18.3 Å². The molecule has 3 aromatic carbocycles. The summed E-state index contributed by atoms with van der Waals surface area (Å²) in [5, 5.41) is 9.83. The number of aromatic hydroxyl groups is 1. The molecule has 4 aromatic rings.